The van der Waals surface area contributed by atoms with Crippen LogP contribution in [0, 0.1) is 11.6 Å². The van der Waals surface area contributed by atoms with Gasteiger partial charge in [-0.2, -0.15) is 0 Å². The van der Waals surface area contributed by atoms with Crippen LogP contribution < -0.4 is 5.32 Å². The van der Waals surface area contributed by atoms with E-state index in [9.17, 15) is 18.4 Å². The number of hydrogen-bond acceptors (Lipinski definition) is 2. The van der Waals surface area contributed by atoms with Crippen LogP contribution in [0.2, 0.25) is 0 Å². The number of carbonyl (C=O) groups is 2. The molecular weight excluding hydrogens is 220 g/mol. The summed E-state index contributed by atoms with van der Waals surface area (Å²) in [7, 11) is 0. The monoisotopic (exact) mass is 229 g/mol. The molecule has 0 bridgehead atoms. The largest absolute Gasteiger partial charge is 0.479 e. The van der Waals surface area contributed by atoms with Crippen molar-refractivity contribution in [3.05, 3.63) is 35.4 Å². The van der Waals surface area contributed by atoms with Crippen molar-refractivity contribution >= 4 is 12.4 Å². The lowest BCUT2D eigenvalue weighted by atomic mass is 9.91. The van der Waals surface area contributed by atoms with Crippen molar-refractivity contribution in [1.29, 1.82) is 0 Å². The zero-order chi connectivity index (χ0) is 12.3. The Hall–Kier alpha value is -1.98. The molecule has 0 radical (unpaired) electrons. The van der Waals surface area contributed by atoms with E-state index in [4.69, 9.17) is 5.11 Å². The predicted octanol–water partition coefficient (Wildman–Crippen LogP) is 1.01. The van der Waals surface area contributed by atoms with E-state index in [1.165, 1.54) is 0 Å². The third-order valence-corrected chi connectivity index (χ3v) is 2.24. The van der Waals surface area contributed by atoms with Crippen molar-refractivity contribution < 1.29 is 23.5 Å². The second kappa shape index (κ2) is 4.26. The van der Waals surface area contributed by atoms with E-state index in [1.807, 2.05) is 5.32 Å². The Morgan fingerprint density at radius 3 is 2.31 bits per heavy atom. The molecule has 0 aliphatic heterocycles. The molecule has 0 aliphatic rings. The number of amides is 1. The summed E-state index contributed by atoms with van der Waals surface area (Å²) in [5, 5.41) is 10.8. The van der Waals surface area contributed by atoms with Crippen LogP contribution in [0.1, 0.15) is 12.5 Å². The average molecular weight is 229 g/mol. The van der Waals surface area contributed by atoms with Crippen LogP contribution in [0.5, 0.6) is 0 Å². The number of aliphatic carboxylic acids is 1. The van der Waals surface area contributed by atoms with Crippen molar-refractivity contribution in [3.8, 4) is 0 Å². The molecule has 0 aliphatic carbocycles. The predicted molar refractivity (Wildman–Crippen MR) is 50.5 cm³/mol. The third-order valence-electron chi connectivity index (χ3n) is 2.24. The second-order valence-electron chi connectivity index (χ2n) is 3.29. The number of rotatable bonds is 4. The van der Waals surface area contributed by atoms with Gasteiger partial charge in [-0.3, -0.25) is 4.79 Å². The topological polar surface area (TPSA) is 66.4 Å². The number of carboxylic acid groups (broad SMARTS) is 1. The molecule has 1 aromatic carbocycles. The number of nitrogens with one attached hydrogen (secondary N) is 1. The molecule has 6 heteroatoms. The first-order chi connectivity index (χ1) is 7.43. The number of halogens is 2. The summed E-state index contributed by atoms with van der Waals surface area (Å²) in [6.45, 7) is 1.01. The SMILES string of the molecule is CC(NC=O)(C(=O)O)c1c(F)cccc1F. The fraction of sp³-hybridized carbons (Fsp3) is 0.200. The van der Waals surface area contributed by atoms with Gasteiger partial charge >= 0.3 is 5.97 Å². The summed E-state index contributed by atoms with van der Waals surface area (Å²) < 4.78 is 26.7. The lowest BCUT2D eigenvalue weighted by Crippen LogP contribution is -2.47. The highest BCUT2D eigenvalue weighted by molar-refractivity contribution is 5.82. The van der Waals surface area contributed by atoms with Gasteiger partial charge in [0.2, 0.25) is 6.41 Å². The van der Waals surface area contributed by atoms with Crippen LogP contribution in [0.3, 0.4) is 0 Å². The Balaban J connectivity index is 3.42. The zero-order valence-corrected chi connectivity index (χ0v) is 8.33. The van der Waals surface area contributed by atoms with E-state index in [-0.39, 0.29) is 6.41 Å². The fourth-order valence-electron chi connectivity index (χ4n) is 1.33. The Morgan fingerprint density at radius 2 is 1.94 bits per heavy atom. The lowest BCUT2D eigenvalue weighted by molar-refractivity contribution is -0.146. The molecule has 1 rings (SSSR count). The highest BCUT2D eigenvalue weighted by Gasteiger charge is 2.39. The maximum absolute atomic E-state index is 13.4. The molecule has 1 aromatic rings. The Morgan fingerprint density at radius 1 is 1.44 bits per heavy atom. The summed E-state index contributed by atoms with van der Waals surface area (Å²) in [5.74, 6) is -3.61. The van der Waals surface area contributed by atoms with E-state index >= 15 is 0 Å². The standard InChI is InChI=1S/C10H9F2NO3/c1-10(9(15)16,13-5-14)8-6(11)3-2-4-7(8)12/h2-5H,1H3,(H,13,14)(H,15,16). The molecule has 1 unspecified atom stereocenters. The third kappa shape index (κ3) is 1.86. The van der Waals surface area contributed by atoms with Gasteiger partial charge in [0.1, 0.15) is 11.6 Å². The zero-order valence-electron chi connectivity index (χ0n) is 8.33. The molecule has 0 spiro atoms. The maximum atomic E-state index is 13.4. The molecule has 1 amide bonds. The van der Waals surface area contributed by atoms with E-state index in [0.717, 1.165) is 25.1 Å². The first kappa shape index (κ1) is 12.1. The van der Waals surface area contributed by atoms with E-state index in [2.05, 4.69) is 0 Å². The molecule has 16 heavy (non-hydrogen) atoms. The van der Waals surface area contributed by atoms with Crippen LogP contribution in [-0.4, -0.2) is 17.5 Å². The van der Waals surface area contributed by atoms with Crippen molar-refractivity contribution in [2.24, 2.45) is 0 Å². The highest BCUT2D eigenvalue weighted by Crippen LogP contribution is 2.26. The quantitative estimate of drug-likeness (QED) is 0.757. The minimum absolute atomic E-state index is 0.0833. The molecular formula is C10H9F2NO3. The molecule has 2 N–H and O–H groups in total. The van der Waals surface area contributed by atoms with Gasteiger partial charge in [0.05, 0.1) is 5.56 Å². The lowest BCUT2D eigenvalue weighted by Gasteiger charge is -2.25. The number of hydrogen-bond donors (Lipinski definition) is 2. The van der Waals surface area contributed by atoms with Crippen LogP contribution in [-0.2, 0) is 15.1 Å². The van der Waals surface area contributed by atoms with Gasteiger partial charge < -0.3 is 10.4 Å². The molecule has 0 heterocycles. The van der Waals surface area contributed by atoms with Crippen LogP contribution in [0.25, 0.3) is 0 Å². The summed E-state index contributed by atoms with van der Waals surface area (Å²) in [5.41, 5.74) is -2.83. The highest BCUT2D eigenvalue weighted by atomic mass is 19.1. The van der Waals surface area contributed by atoms with Gasteiger partial charge in [0.25, 0.3) is 0 Å². The average Bonchev–Trinajstić information content (AvgIpc) is 2.17. The van der Waals surface area contributed by atoms with E-state index in [1.54, 1.807) is 0 Å². The number of carbonyl (C=O) groups excluding carboxylic acids is 1. The molecule has 4 nitrogen and oxygen atoms in total. The van der Waals surface area contributed by atoms with Crippen molar-refractivity contribution in [2.75, 3.05) is 0 Å². The summed E-state index contributed by atoms with van der Waals surface area (Å²) in [6.07, 6.45) is 0.0833. The Bertz CT molecular complexity index is 416. The van der Waals surface area contributed by atoms with E-state index in [0.29, 0.717) is 0 Å². The molecule has 0 aromatic heterocycles. The van der Waals surface area contributed by atoms with Crippen LogP contribution in [0.15, 0.2) is 18.2 Å². The minimum atomic E-state index is -2.13. The van der Waals surface area contributed by atoms with Crippen molar-refractivity contribution in [3.63, 3.8) is 0 Å². The first-order valence-electron chi connectivity index (χ1n) is 4.32. The molecule has 1 atom stereocenters. The summed E-state index contributed by atoms with van der Waals surface area (Å²) in [6, 6.07) is 2.95. The van der Waals surface area contributed by atoms with Crippen molar-refractivity contribution in [2.45, 2.75) is 12.5 Å². The summed E-state index contributed by atoms with van der Waals surface area (Å²) >= 11 is 0. The Kier molecular flexibility index (Phi) is 3.22. The van der Waals surface area contributed by atoms with Crippen molar-refractivity contribution in [1.82, 2.24) is 5.32 Å². The smallest absolute Gasteiger partial charge is 0.334 e. The molecule has 86 valence electrons. The van der Waals surface area contributed by atoms with Gasteiger partial charge in [-0.15, -0.1) is 0 Å². The number of benzene rings is 1. The molecule has 0 saturated heterocycles. The normalized spacial score (nSPS) is 13.9. The van der Waals surface area contributed by atoms with Crippen LogP contribution in [0.4, 0.5) is 8.78 Å². The minimum Gasteiger partial charge on any atom is -0.479 e. The second-order valence-corrected chi connectivity index (χ2v) is 3.29. The molecule has 0 saturated carbocycles. The Labute approximate surface area is 89.9 Å². The van der Waals surface area contributed by atoms with Gasteiger partial charge in [0.15, 0.2) is 5.54 Å². The first-order valence-corrected chi connectivity index (χ1v) is 4.32. The van der Waals surface area contributed by atoms with Gasteiger partial charge in [-0.25, -0.2) is 13.6 Å². The van der Waals surface area contributed by atoms with Gasteiger partial charge in [0, 0.05) is 0 Å². The van der Waals surface area contributed by atoms with E-state index < -0.39 is 28.7 Å². The maximum Gasteiger partial charge on any atom is 0.334 e. The number of carboxylic acids is 1. The van der Waals surface area contributed by atoms with Gasteiger partial charge in [-0.05, 0) is 19.1 Å². The molecule has 0 fully saturated rings. The van der Waals surface area contributed by atoms with Crippen LogP contribution >= 0.6 is 0 Å². The van der Waals surface area contributed by atoms with Gasteiger partial charge in [-0.1, -0.05) is 6.07 Å². The fourth-order valence-corrected chi connectivity index (χ4v) is 1.33. The summed E-state index contributed by atoms with van der Waals surface area (Å²) in [4.78, 5) is 21.3.